The van der Waals surface area contributed by atoms with Gasteiger partial charge in [-0.1, -0.05) is 11.6 Å². The minimum absolute atomic E-state index is 0.125. The molecule has 0 radical (unpaired) electrons. The number of nitrogens with zero attached hydrogens (tertiary/aromatic N) is 3. The number of rotatable bonds is 2. The first-order chi connectivity index (χ1) is 7.54. The Morgan fingerprint density at radius 2 is 2.25 bits per heavy atom. The molecular formula is C8H10ClN3O3S. The average Bonchev–Trinajstić information content (AvgIpc) is 2.58. The number of anilines is 1. The van der Waals surface area contributed by atoms with Crippen LogP contribution < -0.4 is 9.04 Å². The summed E-state index contributed by atoms with van der Waals surface area (Å²) in [6.45, 7) is 0.398. The predicted octanol–water partition coefficient (Wildman–Crippen LogP) is 0.678. The Labute approximate surface area is 98.2 Å². The van der Waals surface area contributed by atoms with Crippen LogP contribution in [-0.4, -0.2) is 38.0 Å². The van der Waals surface area contributed by atoms with Crippen molar-refractivity contribution in [2.75, 3.05) is 23.7 Å². The molecule has 0 N–H and O–H groups in total. The van der Waals surface area contributed by atoms with Crippen molar-refractivity contribution in [3.63, 3.8) is 0 Å². The molecule has 0 amide bonds. The molecule has 0 saturated carbocycles. The van der Waals surface area contributed by atoms with E-state index in [2.05, 4.69) is 10.2 Å². The van der Waals surface area contributed by atoms with E-state index in [0.29, 0.717) is 18.7 Å². The Kier molecular flexibility index (Phi) is 2.90. The van der Waals surface area contributed by atoms with Crippen molar-refractivity contribution < 1.29 is 13.2 Å². The lowest BCUT2D eigenvalue weighted by molar-refractivity contribution is 0.412. The van der Waals surface area contributed by atoms with Crippen LogP contribution in [0.5, 0.6) is 5.75 Å². The third-order valence-electron chi connectivity index (χ3n) is 2.27. The first-order valence-corrected chi connectivity index (χ1v) is 6.61. The van der Waals surface area contributed by atoms with Crippen molar-refractivity contribution in [2.24, 2.45) is 0 Å². The van der Waals surface area contributed by atoms with Gasteiger partial charge in [0.25, 0.3) is 0 Å². The Morgan fingerprint density at radius 1 is 1.50 bits per heavy atom. The molecule has 0 spiro atoms. The average molecular weight is 264 g/mol. The van der Waals surface area contributed by atoms with Gasteiger partial charge in [0.05, 0.1) is 12.9 Å². The zero-order valence-corrected chi connectivity index (χ0v) is 10.1. The highest BCUT2D eigenvalue weighted by Crippen LogP contribution is 2.31. The van der Waals surface area contributed by atoms with Crippen LogP contribution in [0.15, 0.2) is 6.07 Å². The van der Waals surface area contributed by atoms with E-state index >= 15 is 0 Å². The molecule has 1 aliphatic rings. The van der Waals surface area contributed by atoms with E-state index in [0.717, 1.165) is 0 Å². The van der Waals surface area contributed by atoms with Crippen molar-refractivity contribution in [1.82, 2.24) is 10.2 Å². The Hall–Kier alpha value is -1.08. The van der Waals surface area contributed by atoms with Gasteiger partial charge in [0.2, 0.25) is 15.8 Å². The maximum Gasteiger partial charge on any atom is 0.236 e. The highest BCUT2D eigenvalue weighted by Gasteiger charge is 2.32. The fourth-order valence-corrected chi connectivity index (χ4v) is 3.19. The van der Waals surface area contributed by atoms with Gasteiger partial charge in [0.15, 0.2) is 10.9 Å². The van der Waals surface area contributed by atoms with Gasteiger partial charge in [0, 0.05) is 12.6 Å². The van der Waals surface area contributed by atoms with Crippen LogP contribution in [0.4, 0.5) is 5.82 Å². The monoisotopic (exact) mass is 263 g/mol. The molecule has 6 nitrogen and oxygen atoms in total. The summed E-state index contributed by atoms with van der Waals surface area (Å²) >= 11 is 5.65. The van der Waals surface area contributed by atoms with Gasteiger partial charge in [-0.2, -0.15) is 0 Å². The number of hydrogen-bond donors (Lipinski definition) is 0. The standard InChI is InChI=1S/C8H10ClN3O3S/c1-15-6-5-7(9)10-11-8(6)12-3-2-4-16(12,13)14/h5H,2-4H2,1H3. The summed E-state index contributed by atoms with van der Waals surface area (Å²) in [5.41, 5.74) is 0. The van der Waals surface area contributed by atoms with Gasteiger partial charge in [-0.25, -0.2) is 12.7 Å². The summed E-state index contributed by atoms with van der Waals surface area (Å²) in [4.78, 5) is 0. The molecule has 1 fully saturated rings. The summed E-state index contributed by atoms with van der Waals surface area (Å²) in [6, 6.07) is 1.44. The maximum absolute atomic E-state index is 11.7. The summed E-state index contributed by atoms with van der Waals surface area (Å²) < 4.78 is 29.6. The number of aromatic nitrogens is 2. The molecule has 0 unspecified atom stereocenters. The van der Waals surface area contributed by atoms with Gasteiger partial charge >= 0.3 is 0 Å². The number of hydrogen-bond acceptors (Lipinski definition) is 5. The van der Waals surface area contributed by atoms with E-state index in [1.807, 2.05) is 0 Å². The molecule has 1 aliphatic heterocycles. The van der Waals surface area contributed by atoms with Crippen molar-refractivity contribution in [1.29, 1.82) is 0 Å². The second kappa shape index (κ2) is 4.06. The van der Waals surface area contributed by atoms with Crippen molar-refractivity contribution in [2.45, 2.75) is 6.42 Å². The van der Waals surface area contributed by atoms with Crippen LogP contribution in [0.3, 0.4) is 0 Å². The van der Waals surface area contributed by atoms with Crippen LogP contribution in [0, 0.1) is 0 Å². The minimum Gasteiger partial charge on any atom is -0.493 e. The van der Waals surface area contributed by atoms with Crippen molar-refractivity contribution >= 4 is 27.4 Å². The summed E-state index contributed by atoms with van der Waals surface area (Å²) in [7, 11) is -1.85. The van der Waals surface area contributed by atoms with Crippen LogP contribution in [0.1, 0.15) is 6.42 Å². The van der Waals surface area contributed by atoms with E-state index in [4.69, 9.17) is 16.3 Å². The molecule has 2 rings (SSSR count). The Morgan fingerprint density at radius 3 is 2.81 bits per heavy atom. The second-order valence-corrected chi connectivity index (χ2v) is 5.70. The zero-order chi connectivity index (χ0) is 11.8. The summed E-state index contributed by atoms with van der Waals surface area (Å²) in [5, 5.41) is 7.56. The van der Waals surface area contributed by atoms with Crippen LogP contribution in [0.2, 0.25) is 5.15 Å². The molecule has 88 valence electrons. The highest BCUT2D eigenvalue weighted by molar-refractivity contribution is 7.93. The van der Waals surface area contributed by atoms with Crippen LogP contribution >= 0.6 is 11.6 Å². The summed E-state index contributed by atoms with van der Waals surface area (Å²) in [5.74, 6) is 0.635. The lowest BCUT2D eigenvalue weighted by Gasteiger charge is -2.17. The molecule has 0 aromatic carbocycles. The van der Waals surface area contributed by atoms with Gasteiger partial charge in [0.1, 0.15) is 0 Å². The van der Waals surface area contributed by atoms with E-state index in [9.17, 15) is 8.42 Å². The maximum atomic E-state index is 11.7. The SMILES string of the molecule is COc1cc(Cl)nnc1N1CCCS1(=O)=O. The van der Waals surface area contributed by atoms with Gasteiger partial charge < -0.3 is 4.74 Å². The first kappa shape index (κ1) is 11.4. The Bertz CT molecular complexity index is 505. The fraction of sp³-hybridized carbons (Fsp3) is 0.500. The predicted molar refractivity (Wildman–Crippen MR) is 59.3 cm³/mol. The number of sulfonamides is 1. The quantitative estimate of drug-likeness (QED) is 0.785. The van der Waals surface area contributed by atoms with Crippen molar-refractivity contribution in [3.05, 3.63) is 11.2 Å². The van der Waals surface area contributed by atoms with Crippen molar-refractivity contribution in [3.8, 4) is 5.75 Å². The normalized spacial score (nSPS) is 18.8. The largest absolute Gasteiger partial charge is 0.493 e. The van der Waals surface area contributed by atoms with Gasteiger partial charge in [-0.3, -0.25) is 0 Å². The molecule has 1 saturated heterocycles. The number of halogens is 1. The smallest absolute Gasteiger partial charge is 0.236 e. The van der Waals surface area contributed by atoms with E-state index in [1.54, 1.807) is 0 Å². The topological polar surface area (TPSA) is 72.4 Å². The molecule has 1 aromatic rings. The Balaban J connectivity index is 2.48. The number of methoxy groups -OCH3 is 1. The van der Waals surface area contributed by atoms with E-state index < -0.39 is 10.0 Å². The molecule has 16 heavy (non-hydrogen) atoms. The zero-order valence-electron chi connectivity index (χ0n) is 8.55. The van der Waals surface area contributed by atoms with Gasteiger partial charge in [-0.05, 0) is 6.42 Å². The van der Waals surface area contributed by atoms with E-state index in [-0.39, 0.29) is 16.7 Å². The molecule has 8 heteroatoms. The molecule has 0 atom stereocenters. The molecule has 2 heterocycles. The molecule has 1 aromatic heterocycles. The first-order valence-electron chi connectivity index (χ1n) is 4.62. The summed E-state index contributed by atoms with van der Waals surface area (Å²) in [6.07, 6.45) is 0.579. The molecule has 0 aliphatic carbocycles. The third kappa shape index (κ3) is 1.92. The third-order valence-corrected chi connectivity index (χ3v) is 4.28. The minimum atomic E-state index is -3.28. The van der Waals surface area contributed by atoms with Crippen LogP contribution in [-0.2, 0) is 10.0 Å². The van der Waals surface area contributed by atoms with Gasteiger partial charge in [-0.15, -0.1) is 10.2 Å². The van der Waals surface area contributed by atoms with Crippen LogP contribution in [0.25, 0.3) is 0 Å². The fourth-order valence-electron chi connectivity index (χ4n) is 1.55. The lowest BCUT2D eigenvalue weighted by Crippen LogP contribution is -2.26. The molecule has 0 bridgehead atoms. The lowest BCUT2D eigenvalue weighted by atomic mass is 10.4. The van der Waals surface area contributed by atoms with E-state index in [1.165, 1.54) is 17.5 Å². The second-order valence-electron chi connectivity index (χ2n) is 3.30. The molecular weight excluding hydrogens is 254 g/mol. The number of ether oxygens (including phenoxy) is 1. The highest BCUT2D eigenvalue weighted by atomic mass is 35.5.